The fraction of sp³-hybridized carbons (Fsp3) is 0.652. The lowest BCUT2D eigenvalue weighted by Gasteiger charge is -2.47. The van der Waals surface area contributed by atoms with Gasteiger partial charge in [0.25, 0.3) is 0 Å². The fourth-order valence-electron chi connectivity index (χ4n) is 4.53. The van der Waals surface area contributed by atoms with Gasteiger partial charge in [-0.25, -0.2) is 9.59 Å². The topological polar surface area (TPSA) is 73.3 Å². The van der Waals surface area contributed by atoms with Gasteiger partial charge in [-0.05, 0) is 38.2 Å². The summed E-state index contributed by atoms with van der Waals surface area (Å²) in [4.78, 5) is 28.1. The van der Waals surface area contributed by atoms with Crippen molar-refractivity contribution in [1.82, 2.24) is 14.7 Å². The third-order valence-corrected chi connectivity index (χ3v) is 6.42. The third kappa shape index (κ3) is 7.07. The maximum Gasteiger partial charge on any atom is 0.490 e. The number of hydrogen-bond acceptors (Lipinski definition) is 4. The summed E-state index contributed by atoms with van der Waals surface area (Å²) in [5.41, 5.74) is 2.61. The molecule has 10 heteroatoms. The average Bonchev–Trinajstić information content (AvgIpc) is 3.30. The summed E-state index contributed by atoms with van der Waals surface area (Å²) in [7, 11) is 0. The van der Waals surface area contributed by atoms with E-state index in [9.17, 15) is 18.0 Å². The Labute approximate surface area is 192 Å². The van der Waals surface area contributed by atoms with Crippen LogP contribution in [0.15, 0.2) is 24.3 Å². The van der Waals surface area contributed by atoms with E-state index in [-0.39, 0.29) is 11.6 Å². The van der Waals surface area contributed by atoms with Crippen molar-refractivity contribution in [2.75, 3.05) is 45.9 Å². The Morgan fingerprint density at radius 1 is 1.00 bits per heavy atom. The Kier molecular flexibility index (Phi) is 8.23. The molecule has 1 aromatic rings. The van der Waals surface area contributed by atoms with Crippen molar-refractivity contribution in [3.63, 3.8) is 0 Å². The highest BCUT2D eigenvalue weighted by molar-refractivity contribution is 5.75. The maximum atomic E-state index is 12.6. The number of urea groups is 1. The second-order valence-electron chi connectivity index (χ2n) is 8.99. The molecule has 3 aliphatic heterocycles. The molecule has 1 N–H and O–H groups in total. The van der Waals surface area contributed by atoms with Crippen molar-refractivity contribution in [2.24, 2.45) is 0 Å². The molecule has 0 aliphatic carbocycles. The molecule has 2 amide bonds. The summed E-state index contributed by atoms with van der Waals surface area (Å²) >= 11 is 0. The molecular weight excluding hydrogens is 439 g/mol. The number of aryl methyl sites for hydroxylation is 1. The number of alkyl halides is 3. The number of piperidine rings is 1. The van der Waals surface area contributed by atoms with E-state index < -0.39 is 12.1 Å². The van der Waals surface area contributed by atoms with Crippen LogP contribution in [0, 0.1) is 6.92 Å². The Morgan fingerprint density at radius 2 is 1.55 bits per heavy atom. The van der Waals surface area contributed by atoms with Crippen LogP contribution in [0.2, 0.25) is 0 Å². The molecular formula is C23H32F3N3O4. The summed E-state index contributed by atoms with van der Waals surface area (Å²) in [5, 5.41) is 7.12. The van der Waals surface area contributed by atoms with Gasteiger partial charge in [-0.1, -0.05) is 29.8 Å². The number of hydrogen-bond donors (Lipinski definition) is 1. The van der Waals surface area contributed by atoms with Gasteiger partial charge in [-0.15, -0.1) is 0 Å². The zero-order valence-corrected chi connectivity index (χ0v) is 18.9. The van der Waals surface area contributed by atoms with E-state index in [4.69, 9.17) is 14.6 Å². The van der Waals surface area contributed by atoms with Crippen molar-refractivity contribution in [3.05, 3.63) is 35.4 Å². The molecule has 33 heavy (non-hydrogen) atoms. The molecule has 7 nitrogen and oxygen atoms in total. The van der Waals surface area contributed by atoms with Crippen LogP contribution in [-0.4, -0.2) is 89.5 Å². The number of carboxylic acid groups (broad SMARTS) is 1. The Balaban J connectivity index is 0.000000383. The van der Waals surface area contributed by atoms with E-state index >= 15 is 0 Å². The number of carboxylic acids is 1. The molecule has 184 valence electrons. The summed E-state index contributed by atoms with van der Waals surface area (Å²) in [6, 6.07) is 9.08. The van der Waals surface area contributed by atoms with E-state index in [0.29, 0.717) is 0 Å². The fourth-order valence-corrected chi connectivity index (χ4v) is 4.53. The molecule has 1 spiro atoms. The SMILES string of the molecule is Cc1ccc(CN2CCOC3(CCN(C(=O)N4CCCC4)CC3)C2)cc1.O=C(O)C(F)(F)F. The number of carbonyl (C=O) groups is 2. The van der Waals surface area contributed by atoms with Crippen molar-refractivity contribution >= 4 is 12.0 Å². The standard InChI is InChI=1S/C21H31N3O2.C2HF3O2/c1-18-4-6-19(7-5-18)16-22-14-15-26-21(17-22)8-12-24(13-9-21)20(25)23-10-2-3-11-23;3-2(4,5)1(6)7/h4-7H,2-3,8-17H2,1H3;(H,6,7). The van der Waals surface area contributed by atoms with Crippen LogP contribution in [0.1, 0.15) is 36.8 Å². The summed E-state index contributed by atoms with van der Waals surface area (Å²) in [5.74, 6) is -2.76. The number of rotatable bonds is 2. The van der Waals surface area contributed by atoms with Crippen LogP contribution < -0.4 is 0 Å². The molecule has 4 rings (SSSR count). The summed E-state index contributed by atoms with van der Waals surface area (Å²) in [6.07, 6.45) is -0.866. The number of aliphatic carboxylic acids is 1. The first kappa shape index (κ1) is 25.3. The van der Waals surface area contributed by atoms with Crippen molar-refractivity contribution in [1.29, 1.82) is 0 Å². The second kappa shape index (κ2) is 10.7. The highest BCUT2D eigenvalue weighted by Crippen LogP contribution is 2.31. The van der Waals surface area contributed by atoms with Crippen LogP contribution in [0.25, 0.3) is 0 Å². The van der Waals surface area contributed by atoms with Gasteiger partial charge in [-0.3, -0.25) is 4.90 Å². The van der Waals surface area contributed by atoms with Gasteiger partial charge in [0.2, 0.25) is 0 Å². The van der Waals surface area contributed by atoms with Crippen LogP contribution in [0.3, 0.4) is 0 Å². The number of carbonyl (C=O) groups excluding carboxylic acids is 1. The van der Waals surface area contributed by atoms with Gasteiger partial charge in [0.05, 0.1) is 12.2 Å². The van der Waals surface area contributed by atoms with Crippen molar-refractivity contribution < 1.29 is 32.6 Å². The first-order chi connectivity index (χ1) is 15.6. The largest absolute Gasteiger partial charge is 0.490 e. The lowest BCUT2D eigenvalue weighted by Crippen LogP contribution is -2.58. The number of benzene rings is 1. The van der Waals surface area contributed by atoms with E-state index in [1.165, 1.54) is 11.1 Å². The first-order valence-electron chi connectivity index (χ1n) is 11.3. The van der Waals surface area contributed by atoms with Crippen LogP contribution in [0.4, 0.5) is 18.0 Å². The molecule has 1 aromatic carbocycles. The van der Waals surface area contributed by atoms with Crippen molar-refractivity contribution in [3.8, 4) is 0 Å². The zero-order chi connectivity index (χ0) is 24.1. The molecule has 3 heterocycles. The minimum atomic E-state index is -5.08. The number of amides is 2. The Morgan fingerprint density at radius 3 is 2.09 bits per heavy atom. The Bertz CT molecular complexity index is 802. The third-order valence-electron chi connectivity index (χ3n) is 6.42. The monoisotopic (exact) mass is 471 g/mol. The molecule has 0 aromatic heterocycles. The predicted octanol–water partition coefficient (Wildman–Crippen LogP) is 3.51. The van der Waals surface area contributed by atoms with E-state index in [1.807, 2.05) is 9.80 Å². The second-order valence-corrected chi connectivity index (χ2v) is 8.99. The molecule has 3 saturated heterocycles. The van der Waals surface area contributed by atoms with Gasteiger partial charge >= 0.3 is 18.2 Å². The van der Waals surface area contributed by atoms with E-state index in [1.54, 1.807) is 0 Å². The normalized spacial score (nSPS) is 21.0. The molecule has 0 unspecified atom stereocenters. The minimum Gasteiger partial charge on any atom is -0.475 e. The Hall–Kier alpha value is -2.33. The highest BCUT2D eigenvalue weighted by Gasteiger charge is 2.41. The van der Waals surface area contributed by atoms with Gasteiger partial charge < -0.3 is 19.6 Å². The molecule has 0 atom stereocenters. The van der Waals surface area contributed by atoms with Gasteiger partial charge in [0, 0.05) is 45.8 Å². The quantitative estimate of drug-likeness (QED) is 0.715. The van der Waals surface area contributed by atoms with E-state index in [0.717, 1.165) is 78.1 Å². The highest BCUT2D eigenvalue weighted by atomic mass is 19.4. The van der Waals surface area contributed by atoms with Crippen molar-refractivity contribution in [2.45, 2.75) is 50.9 Å². The number of nitrogens with zero attached hydrogens (tertiary/aromatic N) is 3. The first-order valence-corrected chi connectivity index (χ1v) is 11.3. The van der Waals surface area contributed by atoms with Crippen LogP contribution in [0.5, 0.6) is 0 Å². The molecule has 3 fully saturated rings. The van der Waals surface area contributed by atoms with E-state index in [2.05, 4.69) is 36.1 Å². The lowest BCUT2D eigenvalue weighted by atomic mass is 9.89. The lowest BCUT2D eigenvalue weighted by molar-refractivity contribution is -0.192. The molecule has 3 aliphatic rings. The number of likely N-dealkylation sites (tertiary alicyclic amines) is 2. The average molecular weight is 472 g/mol. The van der Waals surface area contributed by atoms with Gasteiger partial charge in [-0.2, -0.15) is 13.2 Å². The zero-order valence-electron chi connectivity index (χ0n) is 18.9. The summed E-state index contributed by atoms with van der Waals surface area (Å²) in [6.45, 7) is 9.40. The summed E-state index contributed by atoms with van der Waals surface area (Å²) < 4.78 is 38.0. The number of morpholine rings is 1. The van der Waals surface area contributed by atoms with Crippen LogP contribution in [-0.2, 0) is 16.1 Å². The minimum absolute atomic E-state index is 0.0647. The van der Waals surface area contributed by atoms with Gasteiger partial charge in [0.15, 0.2) is 0 Å². The van der Waals surface area contributed by atoms with Gasteiger partial charge in [0.1, 0.15) is 0 Å². The van der Waals surface area contributed by atoms with Crippen LogP contribution >= 0.6 is 0 Å². The number of ether oxygens (including phenoxy) is 1. The smallest absolute Gasteiger partial charge is 0.475 e. The molecule has 0 bridgehead atoms. The maximum absolute atomic E-state index is 12.6. The molecule has 0 radical (unpaired) electrons. The predicted molar refractivity (Wildman–Crippen MR) is 116 cm³/mol. The number of halogens is 3. The molecule has 0 saturated carbocycles.